The van der Waals surface area contributed by atoms with Crippen LogP contribution in [0, 0.1) is 0 Å². The van der Waals surface area contributed by atoms with E-state index in [9.17, 15) is 4.79 Å². The van der Waals surface area contributed by atoms with Crippen molar-refractivity contribution in [3.8, 4) is 0 Å². The molecule has 0 rings (SSSR count). The van der Waals surface area contributed by atoms with Crippen molar-refractivity contribution in [3.05, 3.63) is 0 Å². The van der Waals surface area contributed by atoms with Gasteiger partial charge in [-0.05, 0) is 19.9 Å². The summed E-state index contributed by atoms with van der Waals surface area (Å²) in [5.74, 6) is 0.188. The maximum atomic E-state index is 11.0. The smallest absolute Gasteiger partial charge is 0.222 e. The molecule has 3 heteroatoms. The molecule has 0 unspecified atom stereocenters. The predicted molar refractivity (Wildman–Crippen MR) is 41.6 cm³/mol. The van der Waals surface area contributed by atoms with E-state index in [0.717, 1.165) is 13.0 Å². The van der Waals surface area contributed by atoms with E-state index in [2.05, 4.69) is 0 Å². The van der Waals surface area contributed by atoms with Crippen LogP contribution in [-0.2, 0) is 4.79 Å². The minimum Gasteiger partial charge on any atom is -0.346 e. The van der Waals surface area contributed by atoms with Gasteiger partial charge in [-0.15, -0.1) is 0 Å². The van der Waals surface area contributed by atoms with Crippen LogP contribution < -0.4 is 5.73 Å². The maximum absolute atomic E-state index is 11.0. The van der Waals surface area contributed by atoms with Crippen LogP contribution in [-0.4, -0.2) is 30.9 Å². The van der Waals surface area contributed by atoms with Gasteiger partial charge in [-0.25, -0.2) is 0 Å². The number of nitrogens with two attached hydrogens (primary N) is 1. The van der Waals surface area contributed by atoms with Crippen LogP contribution in [0.3, 0.4) is 0 Å². The minimum atomic E-state index is 0.188. The van der Waals surface area contributed by atoms with Crippen LogP contribution in [0.1, 0.15) is 19.8 Å². The lowest BCUT2D eigenvalue weighted by atomic mass is 10.3. The lowest BCUT2D eigenvalue weighted by Crippen LogP contribution is -2.26. The van der Waals surface area contributed by atoms with Crippen LogP contribution in [0.2, 0.25) is 0 Å². The van der Waals surface area contributed by atoms with Gasteiger partial charge in [-0.1, -0.05) is 0 Å². The zero-order valence-corrected chi connectivity index (χ0v) is 6.76. The van der Waals surface area contributed by atoms with Gasteiger partial charge in [0, 0.05) is 20.0 Å². The molecule has 0 radical (unpaired) electrons. The molecule has 0 heterocycles. The first-order chi connectivity index (χ1) is 4.72. The molecular weight excluding hydrogens is 128 g/mol. The fraction of sp³-hybridized carbons (Fsp3) is 0.857. The summed E-state index contributed by atoms with van der Waals surface area (Å²) >= 11 is 0. The molecule has 0 aromatic carbocycles. The minimum absolute atomic E-state index is 0.188. The van der Waals surface area contributed by atoms with Gasteiger partial charge in [0.25, 0.3) is 0 Å². The van der Waals surface area contributed by atoms with Gasteiger partial charge in [0.05, 0.1) is 0 Å². The Morgan fingerprint density at radius 1 is 1.60 bits per heavy atom. The highest BCUT2D eigenvalue weighted by Gasteiger charge is 2.03. The summed E-state index contributed by atoms with van der Waals surface area (Å²) < 4.78 is 0. The first-order valence-corrected chi connectivity index (χ1v) is 3.66. The molecule has 0 saturated heterocycles. The summed E-state index contributed by atoms with van der Waals surface area (Å²) in [6.45, 7) is 3.34. The van der Waals surface area contributed by atoms with Gasteiger partial charge in [0.2, 0.25) is 5.91 Å². The number of hydrogen-bond donors (Lipinski definition) is 1. The van der Waals surface area contributed by atoms with Crippen molar-refractivity contribution >= 4 is 5.91 Å². The number of amides is 1. The highest BCUT2D eigenvalue weighted by Crippen LogP contribution is 1.92. The molecular formula is C7H16N2O. The number of carbonyl (C=O) groups is 1. The Kier molecular flexibility index (Phi) is 4.94. The van der Waals surface area contributed by atoms with Crippen molar-refractivity contribution in [1.82, 2.24) is 4.90 Å². The second kappa shape index (κ2) is 5.23. The zero-order chi connectivity index (χ0) is 7.98. The van der Waals surface area contributed by atoms with E-state index in [4.69, 9.17) is 5.73 Å². The van der Waals surface area contributed by atoms with Crippen LogP contribution in [0.25, 0.3) is 0 Å². The van der Waals surface area contributed by atoms with Crippen molar-refractivity contribution in [3.63, 3.8) is 0 Å². The number of hydrogen-bond acceptors (Lipinski definition) is 2. The largest absolute Gasteiger partial charge is 0.346 e. The van der Waals surface area contributed by atoms with Crippen molar-refractivity contribution in [2.75, 3.05) is 20.1 Å². The third kappa shape index (κ3) is 3.45. The lowest BCUT2D eigenvalue weighted by Gasteiger charge is -2.13. The Morgan fingerprint density at radius 3 is 2.60 bits per heavy atom. The van der Waals surface area contributed by atoms with E-state index in [-0.39, 0.29) is 5.91 Å². The Labute approximate surface area is 62.2 Å². The van der Waals surface area contributed by atoms with E-state index < -0.39 is 0 Å². The highest BCUT2D eigenvalue weighted by atomic mass is 16.2. The molecule has 0 atom stereocenters. The number of carbonyl (C=O) groups excluding carboxylic acids is 1. The van der Waals surface area contributed by atoms with Crippen molar-refractivity contribution in [1.29, 1.82) is 0 Å². The van der Waals surface area contributed by atoms with Crippen LogP contribution in [0.5, 0.6) is 0 Å². The summed E-state index contributed by atoms with van der Waals surface area (Å²) in [5.41, 5.74) is 5.25. The topological polar surface area (TPSA) is 46.3 Å². The zero-order valence-electron chi connectivity index (χ0n) is 6.76. The molecule has 0 spiro atoms. The third-order valence-corrected chi connectivity index (χ3v) is 1.49. The van der Waals surface area contributed by atoms with Crippen molar-refractivity contribution in [2.24, 2.45) is 5.73 Å². The summed E-state index contributed by atoms with van der Waals surface area (Å²) in [7, 11) is 1.80. The van der Waals surface area contributed by atoms with E-state index in [1.807, 2.05) is 6.92 Å². The number of rotatable bonds is 4. The van der Waals surface area contributed by atoms with E-state index in [0.29, 0.717) is 13.0 Å². The average Bonchev–Trinajstić information content (AvgIpc) is 1.98. The first-order valence-electron chi connectivity index (χ1n) is 3.66. The molecule has 0 aromatic heterocycles. The van der Waals surface area contributed by atoms with Gasteiger partial charge < -0.3 is 10.6 Å². The quantitative estimate of drug-likeness (QED) is 0.613. The predicted octanol–water partition coefficient (Wildman–Crippen LogP) is 0.204. The normalized spacial score (nSPS) is 9.50. The van der Waals surface area contributed by atoms with E-state index >= 15 is 0 Å². The van der Waals surface area contributed by atoms with Gasteiger partial charge >= 0.3 is 0 Å². The molecule has 0 fully saturated rings. The SMILES string of the molecule is CCN(C)C(=O)CCCN. The Hall–Kier alpha value is -0.570. The Bertz CT molecular complexity index is 104. The second-order valence-electron chi connectivity index (χ2n) is 2.30. The lowest BCUT2D eigenvalue weighted by molar-refractivity contribution is -0.129. The highest BCUT2D eigenvalue weighted by molar-refractivity contribution is 5.75. The van der Waals surface area contributed by atoms with Crippen molar-refractivity contribution < 1.29 is 4.79 Å². The standard InChI is InChI=1S/C7H16N2O/c1-3-9(2)7(10)5-4-6-8/h3-6,8H2,1-2H3. The van der Waals surface area contributed by atoms with Crippen molar-refractivity contribution in [2.45, 2.75) is 19.8 Å². The van der Waals surface area contributed by atoms with E-state index in [1.54, 1.807) is 11.9 Å². The van der Waals surface area contributed by atoms with Gasteiger partial charge in [0.1, 0.15) is 0 Å². The molecule has 10 heavy (non-hydrogen) atoms. The fourth-order valence-corrected chi connectivity index (χ4v) is 0.621. The molecule has 3 nitrogen and oxygen atoms in total. The molecule has 0 aromatic rings. The second-order valence-corrected chi connectivity index (χ2v) is 2.30. The van der Waals surface area contributed by atoms with Gasteiger partial charge in [-0.3, -0.25) is 4.79 Å². The Balaban J connectivity index is 3.42. The van der Waals surface area contributed by atoms with E-state index in [1.165, 1.54) is 0 Å². The first kappa shape index (κ1) is 9.43. The molecule has 60 valence electrons. The van der Waals surface area contributed by atoms with Crippen LogP contribution in [0.4, 0.5) is 0 Å². The molecule has 0 aliphatic carbocycles. The molecule has 2 N–H and O–H groups in total. The molecule has 0 saturated carbocycles. The fourth-order valence-electron chi connectivity index (χ4n) is 0.621. The number of nitrogens with zero attached hydrogens (tertiary/aromatic N) is 1. The molecule has 0 aliphatic heterocycles. The molecule has 0 aliphatic rings. The van der Waals surface area contributed by atoms with Gasteiger partial charge in [0.15, 0.2) is 0 Å². The third-order valence-electron chi connectivity index (χ3n) is 1.49. The molecule has 0 bridgehead atoms. The average molecular weight is 144 g/mol. The monoisotopic (exact) mass is 144 g/mol. The summed E-state index contributed by atoms with van der Waals surface area (Å²) in [4.78, 5) is 12.7. The molecule has 1 amide bonds. The summed E-state index contributed by atoms with van der Waals surface area (Å²) in [6.07, 6.45) is 1.38. The van der Waals surface area contributed by atoms with Gasteiger partial charge in [-0.2, -0.15) is 0 Å². The summed E-state index contributed by atoms with van der Waals surface area (Å²) in [6, 6.07) is 0. The Morgan fingerprint density at radius 2 is 2.20 bits per heavy atom. The van der Waals surface area contributed by atoms with Crippen LogP contribution >= 0.6 is 0 Å². The van der Waals surface area contributed by atoms with Crippen LogP contribution in [0.15, 0.2) is 0 Å². The summed E-state index contributed by atoms with van der Waals surface area (Å²) in [5, 5.41) is 0. The maximum Gasteiger partial charge on any atom is 0.222 e.